The van der Waals surface area contributed by atoms with Crippen molar-refractivity contribution in [1.29, 1.82) is 0 Å². The molecule has 0 amide bonds. The maximum absolute atomic E-state index is 4.22. The third-order valence-electron chi connectivity index (χ3n) is 3.17. The number of aromatic nitrogens is 2. The molecule has 0 spiro atoms. The van der Waals surface area contributed by atoms with E-state index in [0.717, 1.165) is 29.7 Å². The Labute approximate surface area is 135 Å². The lowest BCUT2D eigenvalue weighted by Gasteiger charge is -2.24. The van der Waals surface area contributed by atoms with E-state index in [2.05, 4.69) is 65.1 Å². The molecule has 1 aromatic heterocycles. The van der Waals surface area contributed by atoms with E-state index >= 15 is 0 Å². The average molecular weight is 319 g/mol. The number of nitrogens with one attached hydrogen (secondary N) is 1. The van der Waals surface area contributed by atoms with Gasteiger partial charge in [0.1, 0.15) is 6.33 Å². The van der Waals surface area contributed by atoms with Crippen LogP contribution in [0, 0.1) is 0 Å². The lowest BCUT2D eigenvalue weighted by Crippen LogP contribution is -2.38. The molecule has 0 bridgehead atoms. The Morgan fingerprint density at radius 2 is 2.05 bits per heavy atom. The van der Waals surface area contributed by atoms with Crippen molar-refractivity contribution in [3.63, 3.8) is 0 Å². The van der Waals surface area contributed by atoms with Gasteiger partial charge >= 0.3 is 0 Å². The zero-order valence-electron chi connectivity index (χ0n) is 13.6. The van der Waals surface area contributed by atoms with Gasteiger partial charge in [-0.25, -0.2) is 4.98 Å². The minimum absolute atomic E-state index is 0.572. The van der Waals surface area contributed by atoms with Gasteiger partial charge in [-0.15, -0.1) is 10.2 Å². The minimum atomic E-state index is 0.572. The third kappa shape index (κ3) is 5.16. The summed E-state index contributed by atoms with van der Waals surface area (Å²) in [6.45, 7) is 4.16. The van der Waals surface area contributed by atoms with E-state index < -0.39 is 0 Å². The number of likely N-dealkylation sites (N-methyl/N-ethyl adjacent to an activating group) is 1. The SMILES string of the molecule is CCc1cc(N=Nc2ncns2)ccc1NCC[N+](C)(C)C. The fraction of sp³-hybridized carbons (Fsp3) is 0.467. The Hall–Kier alpha value is -1.86. The average Bonchev–Trinajstić information content (AvgIpc) is 2.98. The van der Waals surface area contributed by atoms with E-state index in [0.29, 0.717) is 5.13 Å². The van der Waals surface area contributed by atoms with E-state index in [9.17, 15) is 0 Å². The summed E-state index contributed by atoms with van der Waals surface area (Å²) in [5.74, 6) is 0. The van der Waals surface area contributed by atoms with E-state index in [4.69, 9.17) is 0 Å². The van der Waals surface area contributed by atoms with Gasteiger partial charge < -0.3 is 9.80 Å². The van der Waals surface area contributed by atoms with Gasteiger partial charge in [-0.1, -0.05) is 6.92 Å². The third-order valence-corrected chi connectivity index (χ3v) is 3.72. The molecule has 6 nitrogen and oxygen atoms in total. The van der Waals surface area contributed by atoms with Crippen LogP contribution in [0.25, 0.3) is 0 Å². The Morgan fingerprint density at radius 3 is 2.68 bits per heavy atom. The van der Waals surface area contributed by atoms with Crippen LogP contribution < -0.4 is 5.32 Å². The summed E-state index contributed by atoms with van der Waals surface area (Å²) in [4.78, 5) is 3.99. The topological polar surface area (TPSA) is 62.5 Å². The van der Waals surface area contributed by atoms with E-state index in [1.165, 1.54) is 29.1 Å². The quantitative estimate of drug-likeness (QED) is 0.626. The van der Waals surface area contributed by atoms with Crippen molar-refractivity contribution < 1.29 is 4.48 Å². The minimum Gasteiger partial charge on any atom is -0.379 e. The number of nitrogens with zero attached hydrogens (tertiary/aromatic N) is 5. The van der Waals surface area contributed by atoms with Crippen molar-refractivity contribution in [3.8, 4) is 0 Å². The van der Waals surface area contributed by atoms with Gasteiger partial charge in [0.2, 0.25) is 5.13 Å². The number of azo groups is 1. The number of quaternary nitrogens is 1. The highest BCUT2D eigenvalue weighted by Crippen LogP contribution is 2.25. The first-order valence-corrected chi connectivity index (χ1v) is 8.11. The van der Waals surface area contributed by atoms with Crippen LogP contribution in [0.3, 0.4) is 0 Å². The predicted octanol–water partition coefficient (Wildman–Crippen LogP) is 3.63. The molecule has 2 rings (SSSR count). The molecule has 0 aliphatic rings. The first-order valence-electron chi connectivity index (χ1n) is 7.33. The molecule has 22 heavy (non-hydrogen) atoms. The first-order chi connectivity index (χ1) is 10.5. The van der Waals surface area contributed by atoms with Gasteiger partial charge in [0.05, 0.1) is 39.9 Å². The van der Waals surface area contributed by atoms with Crippen LogP contribution in [0.2, 0.25) is 0 Å². The molecule has 1 N–H and O–H groups in total. The molecular formula is C15H23N6S+. The van der Waals surface area contributed by atoms with Gasteiger partial charge in [-0.05, 0) is 30.2 Å². The molecule has 2 aromatic rings. The fourth-order valence-corrected chi connectivity index (χ4v) is 2.31. The molecule has 0 saturated carbocycles. The maximum Gasteiger partial charge on any atom is 0.249 e. The summed E-state index contributed by atoms with van der Waals surface area (Å²) < 4.78 is 4.85. The number of hydrogen-bond acceptors (Lipinski definition) is 6. The summed E-state index contributed by atoms with van der Waals surface area (Å²) in [5.41, 5.74) is 3.25. The molecule has 0 radical (unpaired) electrons. The molecule has 0 aliphatic carbocycles. The van der Waals surface area contributed by atoms with Crippen molar-refractivity contribution in [1.82, 2.24) is 9.36 Å². The molecule has 118 valence electrons. The van der Waals surface area contributed by atoms with Crippen LogP contribution in [0.4, 0.5) is 16.5 Å². The highest BCUT2D eigenvalue weighted by Gasteiger charge is 2.07. The second-order valence-corrected chi connectivity index (χ2v) is 6.82. The molecule has 0 unspecified atom stereocenters. The fourth-order valence-electron chi connectivity index (χ4n) is 1.95. The van der Waals surface area contributed by atoms with E-state index in [1.807, 2.05) is 6.07 Å². The molecule has 0 saturated heterocycles. The zero-order valence-corrected chi connectivity index (χ0v) is 14.4. The monoisotopic (exact) mass is 319 g/mol. The molecular weight excluding hydrogens is 296 g/mol. The van der Waals surface area contributed by atoms with Crippen molar-refractivity contribution in [3.05, 3.63) is 30.1 Å². The molecule has 0 fully saturated rings. The van der Waals surface area contributed by atoms with Crippen molar-refractivity contribution in [2.24, 2.45) is 10.2 Å². The van der Waals surface area contributed by atoms with Crippen LogP contribution in [0.15, 0.2) is 34.8 Å². The summed E-state index contributed by atoms with van der Waals surface area (Å²) in [6.07, 6.45) is 2.44. The number of aryl methyl sites for hydroxylation is 1. The van der Waals surface area contributed by atoms with Gasteiger partial charge in [0, 0.05) is 17.2 Å². The van der Waals surface area contributed by atoms with E-state index in [-0.39, 0.29) is 0 Å². The lowest BCUT2D eigenvalue weighted by atomic mass is 10.1. The van der Waals surface area contributed by atoms with Crippen molar-refractivity contribution in [2.45, 2.75) is 13.3 Å². The number of hydrogen-bond donors (Lipinski definition) is 1. The standard InChI is InChI=1S/C15H23N6S/c1-5-12-10-13(19-20-15-17-11-18-22-15)6-7-14(12)16-8-9-21(2,3)4/h6-7,10-11,16H,5,8-9H2,1-4H3/q+1. The Morgan fingerprint density at radius 1 is 1.23 bits per heavy atom. The van der Waals surface area contributed by atoms with Crippen LogP contribution in [0.1, 0.15) is 12.5 Å². The Bertz CT molecular complexity index is 615. The summed E-state index contributed by atoms with van der Waals surface area (Å²) >= 11 is 1.23. The smallest absolute Gasteiger partial charge is 0.249 e. The first kappa shape index (κ1) is 16.5. The lowest BCUT2D eigenvalue weighted by molar-refractivity contribution is -0.868. The van der Waals surface area contributed by atoms with Gasteiger partial charge in [-0.3, -0.25) is 0 Å². The number of rotatable bonds is 7. The summed E-state index contributed by atoms with van der Waals surface area (Å²) in [6, 6.07) is 6.11. The van der Waals surface area contributed by atoms with Gasteiger partial charge in [0.15, 0.2) is 0 Å². The highest BCUT2D eigenvalue weighted by atomic mass is 32.1. The summed E-state index contributed by atoms with van der Waals surface area (Å²) in [7, 11) is 6.58. The van der Waals surface area contributed by atoms with Crippen molar-refractivity contribution >= 4 is 28.0 Å². The van der Waals surface area contributed by atoms with Crippen LogP contribution in [-0.2, 0) is 6.42 Å². The largest absolute Gasteiger partial charge is 0.379 e. The normalized spacial score (nSPS) is 12.0. The second-order valence-electron chi connectivity index (χ2n) is 6.06. The maximum atomic E-state index is 4.22. The van der Waals surface area contributed by atoms with Gasteiger partial charge in [-0.2, -0.15) is 4.37 Å². The van der Waals surface area contributed by atoms with Crippen LogP contribution >= 0.6 is 11.5 Å². The second kappa shape index (κ2) is 7.42. The Kier molecular flexibility index (Phi) is 5.57. The van der Waals surface area contributed by atoms with Crippen LogP contribution in [0.5, 0.6) is 0 Å². The van der Waals surface area contributed by atoms with Crippen molar-refractivity contribution in [2.75, 3.05) is 39.5 Å². The molecule has 1 aromatic carbocycles. The summed E-state index contributed by atoms with van der Waals surface area (Å²) in [5, 5.41) is 12.4. The Balaban J connectivity index is 2.04. The van der Waals surface area contributed by atoms with Crippen LogP contribution in [-0.4, -0.2) is 48.1 Å². The highest BCUT2D eigenvalue weighted by molar-refractivity contribution is 7.09. The van der Waals surface area contributed by atoms with E-state index in [1.54, 1.807) is 0 Å². The predicted molar refractivity (Wildman–Crippen MR) is 91.3 cm³/mol. The molecule has 1 heterocycles. The number of anilines is 1. The molecule has 7 heteroatoms. The van der Waals surface area contributed by atoms with Gasteiger partial charge in [0.25, 0.3) is 0 Å². The number of benzene rings is 1. The molecule has 0 atom stereocenters. The zero-order chi connectivity index (χ0) is 16.0. The molecule has 0 aliphatic heterocycles.